The number of benzene rings is 1. The number of nitrogens with one attached hydrogen (secondary N) is 2. The summed E-state index contributed by atoms with van der Waals surface area (Å²) < 4.78 is 4.76. The van der Waals surface area contributed by atoms with Gasteiger partial charge in [0.2, 0.25) is 0 Å². The van der Waals surface area contributed by atoms with Gasteiger partial charge in [-0.2, -0.15) is 0 Å². The van der Waals surface area contributed by atoms with Crippen molar-refractivity contribution in [3.63, 3.8) is 0 Å². The van der Waals surface area contributed by atoms with Gasteiger partial charge in [-0.3, -0.25) is 4.79 Å². The molecule has 0 aliphatic carbocycles. The molecule has 1 aliphatic rings. The van der Waals surface area contributed by atoms with E-state index in [-0.39, 0.29) is 17.9 Å². The van der Waals surface area contributed by atoms with Crippen molar-refractivity contribution >= 4 is 28.6 Å². The number of hydrogen-bond acceptors (Lipinski definition) is 3. The Morgan fingerprint density at radius 3 is 2.73 bits per heavy atom. The van der Waals surface area contributed by atoms with Crippen molar-refractivity contribution in [2.45, 2.75) is 12.8 Å². The lowest BCUT2D eigenvalue weighted by atomic mass is 9.97. The molecule has 0 bridgehead atoms. The molecule has 2 N–H and O–H groups in total. The summed E-state index contributed by atoms with van der Waals surface area (Å²) in [6.07, 6.45) is 3.09. The number of aromatic nitrogens is 1. The third-order valence-electron chi connectivity index (χ3n) is 4.15. The molecule has 22 heavy (non-hydrogen) atoms. The Kier molecular flexibility index (Phi) is 4.00. The molecule has 6 nitrogen and oxygen atoms in total. The fourth-order valence-corrected chi connectivity index (χ4v) is 2.85. The number of methoxy groups -OCH3 is 1. The number of ether oxygens (including phenoxy) is 1. The first-order chi connectivity index (χ1) is 10.7. The van der Waals surface area contributed by atoms with Crippen LogP contribution in [0.25, 0.3) is 10.9 Å². The third-order valence-corrected chi connectivity index (χ3v) is 4.15. The van der Waals surface area contributed by atoms with E-state index in [2.05, 4.69) is 10.3 Å². The number of urea groups is 1. The molecule has 2 aromatic rings. The predicted molar refractivity (Wildman–Crippen MR) is 83.6 cm³/mol. The number of para-hydroxylation sites is 1. The lowest BCUT2D eigenvalue weighted by Gasteiger charge is -2.30. The normalized spacial score (nSPS) is 15.8. The Balaban J connectivity index is 1.62. The summed E-state index contributed by atoms with van der Waals surface area (Å²) in [6, 6.07) is 7.68. The standard InChI is InChI=1S/C16H19N3O3/c1-22-15(20)11-6-8-19(9-7-11)16(21)18-14-10-17-13-5-3-2-4-12(13)14/h2-5,10-11,17H,6-9H2,1H3,(H,18,21). The molecule has 1 saturated heterocycles. The topological polar surface area (TPSA) is 74.4 Å². The van der Waals surface area contributed by atoms with Crippen molar-refractivity contribution in [1.82, 2.24) is 9.88 Å². The Bertz CT molecular complexity index is 687. The zero-order chi connectivity index (χ0) is 15.5. The number of anilines is 1. The molecule has 0 spiro atoms. The minimum atomic E-state index is -0.184. The van der Waals surface area contributed by atoms with Crippen molar-refractivity contribution in [3.8, 4) is 0 Å². The van der Waals surface area contributed by atoms with E-state index >= 15 is 0 Å². The fraction of sp³-hybridized carbons (Fsp3) is 0.375. The van der Waals surface area contributed by atoms with E-state index in [9.17, 15) is 9.59 Å². The van der Waals surface area contributed by atoms with E-state index in [1.165, 1.54) is 7.11 Å². The maximum absolute atomic E-state index is 12.3. The van der Waals surface area contributed by atoms with Gasteiger partial charge in [0.05, 0.1) is 18.7 Å². The van der Waals surface area contributed by atoms with Crippen LogP contribution >= 0.6 is 0 Å². The van der Waals surface area contributed by atoms with E-state index in [1.807, 2.05) is 24.3 Å². The Labute approximate surface area is 128 Å². The Hall–Kier alpha value is -2.50. The van der Waals surface area contributed by atoms with Crippen LogP contribution in [0.4, 0.5) is 10.5 Å². The number of carbonyl (C=O) groups excluding carboxylic acids is 2. The van der Waals surface area contributed by atoms with Gasteiger partial charge in [-0.1, -0.05) is 18.2 Å². The summed E-state index contributed by atoms with van der Waals surface area (Å²) in [5.74, 6) is -0.279. The molecule has 116 valence electrons. The van der Waals surface area contributed by atoms with Crippen molar-refractivity contribution in [3.05, 3.63) is 30.5 Å². The number of amides is 2. The largest absolute Gasteiger partial charge is 0.469 e. The average molecular weight is 301 g/mol. The summed E-state index contributed by atoms with van der Waals surface area (Å²) >= 11 is 0. The molecule has 2 amide bonds. The van der Waals surface area contributed by atoms with Crippen LogP contribution in [-0.4, -0.2) is 42.1 Å². The van der Waals surface area contributed by atoms with Crippen LogP contribution in [0.3, 0.4) is 0 Å². The van der Waals surface area contributed by atoms with E-state index in [0.29, 0.717) is 25.9 Å². The summed E-state index contributed by atoms with van der Waals surface area (Å²) in [7, 11) is 1.40. The van der Waals surface area contributed by atoms with E-state index in [4.69, 9.17) is 4.74 Å². The first-order valence-corrected chi connectivity index (χ1v) is 7.39. The molecular formula is C16H19N3O3. The number of nitrogens with zero attached hydrogens (tertiary/aromatic N) is 1. The monoisotopic (exact) mass is 301 g/mol. The quantitative estimate of drug-likeness (QED) is 0.837. The molecule has 1 fully saturated rings. The highest BCUT2D eigenvalue weighted by Gasteiger charge is 2.28. The molecule has 2 heterocycles. The lowest BCUT2D eigenvalue weighted by molar-refractivity contribution is -0.146. The van der Waals surface area contributed by atoms with Gasteiger partial charge in [0, 0.05) is 30.2 Å². The van der Waals surface area contributed by atoms with Gasteiger partial charge in [-0.15, -0.1) is 0 Å². The van der Waals surface area contributed by atoms with E-state index in [1.54, 1.807) is 11.1 Å². The number of rotatable bonds is 2. The number of hydrogen-bond donors (Lipinski definition) is 2. The molecule has 3 rings (SSSR count). The zero-order valence-electron chi connectivity index (χ0n) is 12.5. The first-order valence-electron chi connectivity index (χ1n) is 7.39. The highest BCUT2D eigenvalue weighted by molar-refractivity contribution is 6.01. The van der Waals surface area contributed by atoms with Gasteiger partial charge >= 0.3 is 12.0 Å². The van der Waals surface area contributed by atoms with Gasteiger partial charge in [-0.25, -0.2) is 4.79 Å². The van der Waals surface area contributed by atoms with Crippen LogP contribution in [0.2, 0.25) is 0 Å². The number of H-pyrrole nitrogens is 1. The highest BCUT2D eigenvalue weighted by atomic mass is 16.5. The fourth-order valence-electron chi connectivity index (χ4n) is 2.85. The zero-order valence-corrected chi connectivity index (χ0v) is 12.5. The minimum absolute atomic E-state index is 0.0952. The first kappa shape index (κ1) is 14.4. The molecular weight excluding hydrogens is 282 g/mol. The molecule has 1 aromatic heterocycles. The van der Waals surface area contributed by atoms with Crippen LogP contribution in [0.1, 0.15) is 12.8 Å². The maximum atomic E-state index is 12.3. The van der Waals surface area contributed by atoms with Gasteiger partial charge < -0.3 is 19.9 Å². The minimum Gasteiger partial charge on any atom is -0.469 e. The number of likely N-dealkylation sites (tertiary alicyclic amines) is 1. The van der Waals surface area contributed by atoms with Gasteiger partial charge in [-0.05, 0) is 18.9 Å². The van der Waals surface area contributed by atoms with Gasteiger partial charge in [0.15, 0.2) is 0 Å². The van der Waals surface area contributed by atoms with Gasteiger partial charge in [0.1, 0.15) is 0 Å². The smallest absolute Gasteiger partial charge is 0.321 e. The number of aromatic amines is 1. The second kappa shape index (κ2) is 6.09. The maximum Gasteiger partial charge on any atom is 0.321 e. The second-order valence-corrected chi connectivity index (χ2v) is 5.46. The molecule has 0 unspecified atom stereocenters. The average Bonchev–Trinajstić information content (AvgIpc) is 2.97. The summed E-state index contributed by atoms with van der Waals surface area (Å²) in [6.45, 7) is 1.13. The molecule has 6 heteroatoms. The van der Waals surface area contributed by atoms with Crippen molar-refractivity contribution in [1.29, 1.82) is 0 Å². The number of piperidine rings is 1. The van der Waals surface area contributed by atoms with E-state index in [0.717, 1.165) is 16.6 Å². The highest BCUT2D eigenvalue weighted by Crippen LogP contribution is 2.24. The van der Waals surface area contributed by atoms with Crippen LogP contribution < -0.4 is 5.32 Å². The van der Waals surface area contributed by atoms with Crippen LogP contribution in [0, 0.1) is 5.92 Å². The van der Waals surface area contributed by atoms with Crippen molar-refractivity contribution in [2.24, 2.45) is 5.92 Å². The Morgan fingerprint density at radius 1 is 1.27 bits per heavy atom. The number of carbonyl (C=O) groups is 2. The van der Waals surface area contributed by atoms with E-state index < -0.39 is 0 Å². The van der Waals surface area contributed by atoms with Crippen molar-refractivity contribution < 1.29 is 14.3 Å². The van der Waals surface area contributed by atoms with Crippen LogP contribution in [-0.2, 0) is 9.53 Å². The second-order valence-electron chi connectivity index (χ2n) is 5.46. The van der Waals surface area contributed by atoms with Gasteiger partial charge in [0.25, 0.3) is 0 Å². The van der Waals surface area contributed by atoms with Crippen LogP contribution in [0.5, 0.6) is 0 Å². The summed E-state index contributed by atoms with van der Waals surface area (Å²) in [5.41, 5.74) is 1.76. The van der Waals surface area contributed by atoms with Crippen LogP contribution in [0.15, 0.2) is 30.5 Å². The molecule has 1 aliphatic heterocycles. The lowest BCUT2D eigenvalue weighted by Crippen LogP contribution is -2.42. The molecule has 0 saturated carbocycles. The van der Waals surface area contributed by atoms with Crippen molar-refractivity contribution in [2.75, 3.05) is 25.5 Å². The summed E-state index contributed by atoms with van der Waals surface area (Å²) in [4.78, 5) is 28.7. The Morgan fingerprint density at radius 2 is 2.00 bits per heavy atom. The molecule has 0 radical (unpaired) electrons. The number of esters is 1. The molecule has 1 aromatic carbocycles. The molecule has 0 atom stereocenters. The summed E-state index contributed by atoms with van der Waals surface area (Å²) in [5, 5.41) is 3.92. The number of fused-ring (bicyclic) bond motifs is 1. The third kappa shape index (κ3) is 2.77. The SMILES string of the molecule is COC(=O)C1CCN(C(=O)Nc2c[nH]c3ccccc23)CC1. The predicted octanol–water partition coefficient (Wildman–Crippen LogP) is 2.58.